The standard InChI is InChI=1S/C25H26N4O3S/c1-5-26-25(30)19-10-8-18(9-11-19)24-27-21-15-20(12-13-22(21)29(24)4)28-33(31,32)23-14-16(2)6-7-17(23)3/h6-15,28H,5H2,1-4H3,(H,26,30). The highest BCUT2D eigenvalue weighted by Gasteiger charge is 2.18. The third-order valence-electron chi connectivity index (χ3n) is 5.51. The summed E-state index contributed by atoms with van der Waals surface area (Å²) in [5.41, 5.74) is 4.99. The lowest BCUT2D eigenvalue weighted by Crippen LogP contribution is -2.22. The van der Waals surface area contributed by atoms with Crippen LogP contribution in [0.2, 0.25) is 0 Å². The normalized spacial score (nSPS) is 11.5. The summed E-state index contributed by atoms with van der Waals surface area (Å²) in [6.45, 7) is 6.09. The Bertz CT molecular complexity index is 1460. The Labute approximate surface area is 193 Å². The molecule has 8 heteroatoms. The van der Waals surface area contributed by atoms with E-state index in [0.717, 1.165) is 22.5 Å². The van der Waals surface area contributed by atoms with E-state index in [4.69, 9.17) is 4.98 Å². The Morgan fingerprint density at radius 3 is 2.42 bits per heavy atom. The van der Waals surface area contributed by atoms with Crippen molar-refractivity contribution in [3.05, 3.63) is 77.4 Å². The van der Waals surface area contributed by atoms with E-state index in [0.29, 0.717) is 28.9 Å². The number of imidazole rings is 1. The zero-order chi connectivity index (χ0) is 23.8. The second kappa shape index (κ2) is 8.71. The number of sulfonamides is 1. The maximum Gasteiger partial charge on any atom is 0.262 e. The zero-order valence-electron chi connectivity index (χ0n) is 19.0. The summed E-state index contributed by atoms with van der Waals surface area (Å²) in [5, 5.41) is 2.78. The van der Waals surface area contributed by atoms with Gasteiger partial charge in [0.25, 0.3) is 15.9 Å². The monoisotopic (exact) mass is 462 g/mol. The molecule has 33 heavy (non-hydrogen) atoms. The molecule has 0 aliphatic heterocycles. The molecular weight excluding hydrogens is 436 g/mol. The second-order valence-electron chi connectivity index (χ2n) is 8.01. The van der Waals surface area contributed by atoms with Crippen molar-refractivity contribution in [2.24, 2.45) is 7.05 Å². The molecule has 170 valence electrons. The summed E-state index contributed by atoms with van der Waals surface area (Å²) in [7, 11) is -1.83. The first-order valence-electron chi connectivity index (χ1n) is 10.6. The Morgan fingerprint density at radius 1 is 1.00 bits per heavy atom. The molecule has 3 aromatic carbocycles. The van der Waals surface area contributed by atoms with Crippen LogP contribution < -0.4 is 10.0 Å². The summed E-state index contributed by atoms with van der Waals surface area (Å²) in [4.78, 5) is 17.0. The van der Waals surface area contributed by atoms with Crippen molar-refractivity contribution in [3.63, 3.8) is 0 Å². The van der Waals surface area contributed by atoms with Gasteiger partial charge >= 0.3 is 0 Å². The molecule has 0 unspecified atom stereocenters. The minimum Gasteiger partial charge on any atom is -0.352 e. The minimum absolute atomic E-state index is 0.116. The van der Waals surface area contributed by atoms with Crippen molar-refractivity contribution in [1.29, 1.82) is 0 Å². The predicted molar refractivity (Wildman–Crippen MR) is 131 cm³/mol. The van der Waals surface area contributed by atoms with Crippen LogP contribution in [0, 0.1) is 13.8 Å². The van der Waals surface area contributed by atoms with Crippen molar-refractivity contribution in [2.75, 3.05) is 11.3 Å². The number of benzene rings is 3. The minimum atomic E-state index is -3.73. The van der Waals surface area contributed by atoms with Gasteiger partial charge in [0.05, 0.1) is 21.6 Å². The van der Waals surface area contributed by atoms with Crippen LogP contribution in [0.1, 0.15) is 28.4 Å². The van der Waals surface area contributed by atoms with Gasteiger partial charge in [-0.3, -0.25) is 9.52 Å². The van der Waals surface area contributed by atoms with Crippen molar-refractivity contribution in [2.45, 2.75) is 25.7 Å². The van der Waals surface area contributed by atoms with Gasteiger partial charge in [-0.25, -0.2) is 13.4 Å². The molecule has 1 aromatic heterocycles. The molecule has 0 atom stereocenters. The first kappa shape index (κ1) is 22.5. The van der Waals surface area contributed by atoms with Gasteiger partial charge in [0.15, 0.2) is 0 Å². The van der Waals surface area contributed by atoms with Crippen molar-refractivity contribution in [1.82, 2.24) is 14.9 Å². The fourth-order valence-corrected chi connectivity index (χ4v) is 5.14. The van der Waals surface area contributed by atoms with E-state index in [2.05, 4.69) is 10.0 Å². The molecule has 2 N–H and O–H groups in total. The fraction of sp³-hybridized carbons (Fsp3) is 0.200. The van der Waals surface area contributed by atoms with Crippen LogP contribution in [0.5, 0.6) is 0 Å². The number of amides is 1. The molecule has 0 saturated heterocycles. The number of carbonyl (C=O) groups is 1. The van der Waals surface area contributed by atoms with E-state index in [1.165, 1.54) is 0 Å². The second-order valence-corrected chi connectivity index (χ2v) is 9.66. The Hall–Kier alpha value is -3.65. The average Bonchev–Trinajstić information content (AvgIpc) is 3.11. The van der Waals surface area contributed by atoms with Crippen molar-refractivity contribution in [3.8, 4) is 11.4 Å². The number of aryl methyl sites for hydroxylation is 3. The number of fused-ring (bicyclic) bond motifs is 1. The molecule has 0 aliphatic rings. The van der Waals surface area contributed by atoms with E-state index < -0.39 is 10.0 Å². The molecule has 0 fully saturated rings. The Morgan fingerprint density at radius 2 is 1.73 bits per heavy atom. The van der Waals surface area contributed by atoms with E-state index >= 15 is 0 Å². The number of anilines is 1. The number of hydrogen-bond acceptors (Lipinski definition) is 4. The van der Waals surface area contributed by atoms with Gasteiger partial charge in [-0.05, 0) is 68.3 Å². The molecular formula is C25H26N4O3S. The SMILES string of the molecule is CCNC(=O)c1ccc(-c2nc3cc(NS(=O)(=O)c4cc(C)ccc4C)ccc3n2C)cc1. The summed E-state index contributed by atoms with van der Waals surface area (Å²) < 4.78 is 30.6. The molecule has 7 nitrogen and oxygen atoms in total. The van der Waals surface area contributed by atoms with Gasteiger partial charge in [0, 0.05) is 24.7 Å². The van der Waals surface area contributed by atoms with E-state index in [1.807, 2.05) is 49.7 Å². The quantitative estimate of drug-likeness (QED) is 0.444. The van der Waals surface area contributed by atoms with Gasteiger partial charge < -0.3 is 9.88 Å². The Kier molecular flexibility index (Phi) is 5.95. The summed E-state index contributed by atoms with van der Waals surface area (Å²) in [5.74, 6) is 0.608. The van der Waals surface area contributed by atoms with E-state index in [1.54, 1.807) is 43.3 Å². The molecule has 1 amide bonds. The summed E-state index contributed by atoms with van der Waals surface area (Å²) in [6.07, 6.45) is 0. The van der Waals surface area contributed by atoms with Crippen LogP contribution in [0.25, 0.3) is 22.4 Å². The lowest BCUT2D eigenvalue weighted by Gasteiger charge is -2.11. The molecule has 0 radical (unpaired) electrons. The third-order valence-corrected chi connectivity index (χ3v) is 7.03. The predicted octanol–water partition coefficient (Wildman–Crippen LogP) is 4.41. The van der Waals surface area contributed by atoms with Crippen LogP contribution in [0.15, 0.2) is 65.6 Å². The first-order valence-corrected chi connectivity index (χ1v) is 12.1. The summed E-state index contributed by atoms with van der Waals surface area (Å²) in [6, 6.07) is 17.9. The lowest BCUT2D eigenvalue weighted by molar-refractivity contribution is 0.0956. The number of hydrogen-bond donors (Lipinski definition) is 2. The van der Waals surface area contributed by atoms with Crippen LogP contribution in [-0.2, 0) is 17.1 Å². The fourth-order valence-electron chi connectivity index (χ4n) is 3.76. The maximum absolute atomic E-state index is 13.0. The van der Waals surface area contributed by atoms with Gasteiger partial charge in [-0.1, -0.05) is 24.3 Å². The highest BCUT2D eigenvalue weighted by Crippen LogP contribution is 2.27. The topological polar surface area (TPSA) is 93.1 Å². The smallest absolute Gasteiger partial charge is 0.262 e. The number of aromatic nitrogens is 2. The highest BCUT2D eigenvalue weighted by molar-refractivity contribution is 7.92. The van der Waals surface area contributed by atoms with E-state index in [9.17, 15) is 13.2 Å². The van der Waals surface area contributed by atoms with Crippen molar-refractivity contribution < 1.29 is 13.2 Å². The third kappa shape index (κ3) is 4.47. The molecule has 4 rings (SSSR count). The van der Waals surface area contributed by atoms with Gasteiger partial charge in [-0.2, -0.15) is 0 Å². The number of rotatable bonds is 6. The number of nitrogens with zero attached hydrogens (tertiary/aromatic N) is 2. The van der Waals surface area contributed by atoms with Gasteiger partial charge in [0.1, 0.15) is 5.82 Å². The largest absolute Gasteiger partial charge is 0.352 e. The molecule has 0 spiro atoms. The van der Waals surface area contributed by atoms with Crippen LogP contribution in [0.3, 0.4) is 0 Å². The summed E-state index contributed by atoms with van der Waals surface area (Å²) >= 11 is 0. The molecule has 0 bridgehead atoms. The van der Waals surface area contributed by atoms with Gasteiger partial charge in [0.2, 0.25) is 0 Å². The molecule has 0 aliphatic carbocycles. The van der Waals surface area contributed by atoms with Gasteiger partial charge in [-0.15, -0.1) is 0 Å². The lowest BCUT2D eigenvalue weighted by atomic mass is 10.1. The van der Waals surface area contributed by atoms with E-state index in [-0.39, 0.29) is 10.8 Å². The van der Waals surface area contributed by atoms with Crippen LogP contribution in [-0.4, -0.2) is 30.4 Å². The van der Waals surface area contributed by atoms with Crippen LogP contribution in [0.4, 0.5) is 5.69 Å². The molecule has 4 aromatic rings. The maximum atomic E-state index is 13.0. The van der Waals surface area contributed by atoms with Crippen LogP contribution >= 0.6 is 0 Å². The zero-order valence-corrected chi connectivity index (χ0v) is 19.8. The average molecular weight is 463 g/mol. The molecule has 0 saturated carbocycles. The van der Waals surface area contributed by atoms with Crippen molar-refractivity contribution >= 4 is 32.7 Å². The number of carbonyl (C=O) groups excluding carboxylic acids is 1. The molecule has 1 heterocycles. The highest BCUT2D eigenvalue weighted by atomic mass is 32.2. The Balaban J connectivity index is 1.66. The first-order chi connectivity index (χ1) is 15.7. The number of nitrogens with one attached hydrogen (secondary N) is 2.